The standard InChI is InChI=1S/C7H15NO.2CH4/c9-8-6-4-2-1-3-5-7-8;;/h9H,1-7H2;2*1H4. The Kier molecular flexibility index (Phi) is 9.85. The lowest BCUT2D eigenvalue weighted by Gasteiger charge is -2.16. The van der Waals surface area contributed by atoms with Gasteiger partial charge in [-0.05, 0) is 12.8 Å². The van der Waals surface area contributed by atoms with Gasteiger partial charge < -0.3 is 5.21 Å². The summed E-state index contributed by atoms with van der Waals surface area (Å²) in [4.78, 5) is 0. The maximum absolute atomic E-state index is 9.05. The Morgan fingerprint density at radius 1 is 0.727 bits per heavy atom. The Bertz CT molecular complexity index is 68.0. The highest BCUT2D eigenvalue weighted by atomic mass is 16.5. The van der Waals surface area contributed by atoms with Crippen molar-refractivity contribution in [2.24, 2.45) is 0 Å². The first-order valence-corrected chi connectivity index (χ1v) is 3.83. The Morgan fingerprint density at radius 2 is 1.09 bits per heavy atom. The van der Waals surface area contributed by atoms with E-state index >= 15 is 0 Å². The molecule has 0 amide bonds. The van der Waals surface area contributed by atoms with Crippen LogP contribution in [0.4, 0.5) is 0 Å². The summed E-state index contributed by atoms with van der Waals surface area (Å²) in [6.07, 6.45) is 6.26. The maximum atomic E-state index is 9.05. The zero-order chi connectivity index (χ0) is 6.53. The molecular formula is C9H23NO. The van der Waals surface area contributed by atoms with E-state index in [-0.39, 0.29) is 14.9 Å². The lowest BCUT2D eigenvalue weighted by Crippen LogP contribution is -2.22. The fourth-order valence-electron chi connectivity index (χ4n) is 1.23. The van der Waals surface area contributed by atoms with E-state index in [2.05, 4.69) is 0 Å². The minimum Gasteiger partial charge on any atom is -0.314 e. The number of hydrogen-bond donors (Lipinski definition) is 1. The molecule has 1 fully saturated rings. The Labute approximate surface area is 71.2 Å². The van der Waals surface area contributed by atoms with E-state index in [1.54, 1.807) is 0 Å². The monoisotopic (exact) mass is 161 g/mol. The van der Waals surface area contributed by atoms with Crippen LogP contribution in [-0.2, 0) is 0 Å². The second kappa shape index (κ2) is 8.02. The summed E-state index contributed by atoms with van der Waals surface area (Å²) in [6.45, 7) is 1.75. The predicted octanol–water partition coefficient (Wildman–Crippen LogP) is 2.91. The van der Waals surface area contributed by atoms with Crippen molar-refractivity contribution in [3.8, 4) is 0 Å². The van der Waals surface area contributed by atoms with E-state index in [4.69, 9.17) is 5.21 Å². The molecule has 70 valence electrons. The predicted molar refractivity (Wildman–Crippen MR) is 49.9 cm³/mol. The average Bonchev–Trinajstić information content (AvgIpc) is 1.79. The summed E-state index contributed by atoms with van der Waals surface area (Å²) in [7, 11) is 0. The van der Waals surface area contributed by atoms with Crippen LogP contribution in [0.3, 0.4) is 0 Å². The van der Waals surface area contributed by atoms with Crippen molar-refractivity contribution in [3.05, 3.63) is 0 Å². The first-order chi connectivity index (χ1) is 4.39. The number of hydroxylamine groups is 2. The van der Waals surface area contributed by atoms with Gasteiger partial charge in [0.25, 0.3) is 0 Å². The Hall–Kier alpha value is -0.0800. The minimum absolute atomic E-state index is 0. The molecule has 1 heterocycles. The molecule has 1 N–H and O–H groups in total. The van der Waals surface area contributed by atoms with Crippen molar-refractivity contribution < 1.29 is 5.21 Å². The molecule has 11 heavy (non-hydrogen) atoms. The number of rotatable bonds is 0. The van der Waals surface area contributed by atoms with Gasteiger partial charge in [0.1, 0.15) is 0 Å². The zero-order valence-corrected chi connectivity index (χ0v) is 5.84. The lowest BCUT2D eigenvalue weighted by molar-refractivity contribution is -0.0948. The third-order valence-electron chi connectivity index (χ3n) is 1.83. The van der Waals surface area contributed by atoms with Gasteiger partial charge in [-0.1, -0.05) is 34.1 Å². The summed E-state index contributed by atoms with van der Waals surface area (Å²) in [5.41, 5.74) is 0. The van der Waals surface area contributed by atoms with Crippen molar-refractivity contribution in [3.63, 3.8) is 0 Å². The van der Waals surface area contributed by atoms with Crippen molar-refractivity contribution >= 4 is 0 Å². The van der Waals surface area contributed by atoms with Crippen LogP contribution in [0.15, 0.2) is 0 Å². The molecule has 0 atom stereocenters. The number of nitrogens with zero attached hydrogens (tertiary/aromatic N) is 1. The SMILES string of the molecule is C.C.ON1CCCCCCC1. The summed E-state index contributed by atoms with van der Waals surface area (Å²) in [6, 6.07) is 0. The van der Waals surface area contributed by atoms with E-state index < -0.39 is 0 Å². The molecule has 0 radical (unpaired) electrons. The van der Waals surface area contributed by atoms with Crippen LogP contribution in [0, 0.1) is 0 Å². The van der Waals surface area contributed by atoms with Gasteiger partial charge in [-0.25, -0.2) is 0 Å². The largest absolute Gasteiger partial charge is 0.314 e. The quantitative estimate of drug-likeness (QED) is 0.590. The summed E-state index contributed by atoms with van der Waals surface area (Å²) in [5, 5.41) is 10.5. The third kappa shape index (κ3) is 6.32. The minimum atomic E-state index is 0. The molecule has 1 saturated heterocycles. The lowest BCUT2D eigenvalue weighted by atomic mass is 10.1. The van der Waals surface area contributed by atoms with Crippen molar-refractivity contribution in [2.45, 2.75) is 47.0 Å². The second-order valence-electron chi connectivity index (χ2n) is 2.72. The van der Waals surface area contributed by atoms with Gasteiger partial charge in [0.15, 0.2) is 0 Å². The molecule has 0 aliphatic carbocycles. The first kappa shape index (κ1) is 13.5. The van der Waals surface area contributed by atoms with Gasteiger partial charge in [-0.3, -0.25) is 0 Å². The van der Waals surface area contributed by atoms with E-state index in [1.165, 1.54) is 24.3 Å². The molecular weight excluding hydrogens is 138 g/mol. The summed E-state index contributed by atoms with van der Waals surface area (Å²) >= 11 is 0. The molecule has 0 saturated carbocycles. The highest BCUT2D eigenvalue weighted by molar-refractivity contribution is 4.53. The van der Waals surface area contributed by atoms with E-state index in [1.807, 2.05) is 0 Å². The highest BCUT2D eigenvalue weighted by Crippen LogP contribution is 2.07. The maximum Gasteiger partial charge on any atom is 0.0238 e. The van der Waals surface area contributed by atoms with Crippen LogP contribution in [0.1, 0.15) is 47.0 Å². The summed E-state index contributed by atoms with van der Waals surface area (Å²) < 4.78 is 0. The van der Waals surface area contributed by atoms with E-state index in [9.17, 15) is 0 Å². The summed E-state index contributed by atoms with van der Waals surface area (Å²) in [5.74, 6) is 0. The van der Waals surface area contributed by atoms with Gasteiger partial charge in [0.05, 0.1) is 0 Å². The Morgan fingerprint density at radius 3 is 1.55 bits per heavy atom. The van der Waals surface area contributed by atoms with Crippen molar-refractivity contribution in [2.75, 3.05) is 13.1 Å². The molecule has 1 rings (SSSR count). The fraction of sp³-hybridized carbons (Fsp3) is 1.00. The molecule has 2 nitrogen and oxygen atoms in total. The molecule has 0 spiro atoms. The van der Waals surface area contributed by atoms with Crippen LogP contribution in [0.5, 0.6) is 0 Å². The second-order valence-corrected chi connectivity index (χ2v) is 2.72. The molecule has 2 heteroatoms. The first-order valence-electron chi connectivity index (χ1n) is 3.83. The molecule has 0 unspecified atom stereocenters. The fourth-order valence-corrected chi connectivity index (χ4v) is 1.23. The molecule has 0 aromatic carbocycles. The van der Waals surface area contributed by atoms with Crippen LogP contribution in [-0.4, -0.2) is 23.4 Å². The number of hydrogen-bond acceptors (Lipinski definition) is 2. The van der Waals surface area contributed by atoms with Crippen LogP contribution in [0.25, 0.3) is 0 Å². The van der Waals surface area contributed by atoms with Gasteiger partial charge >= 0.3 is 0 Å². The highest BCUT2D eigenvalue weighted by Gasteiger charge is 2.02. The Balaban J connectivity index is 0. The molecule has 1 aliphatic heterocycles. The van der Waals surface area contributed by atoms with E-state index in [0.717, 1.165) is 25.9 Å². The molecule has 0 aromatic rings. The van der Waals surface area contributed by atoms with Crippen LogP contribution < -0.4 is 0 Å². The van der Waals surface area contributed by atoms with Gasteiger partial charge in [0, 0.05) is 13.1 Å². The van der Waals surface area contributed by atoms with Crippen LogP contribution >= 0.6 is 0 Å². The van der Waals surface area contributed by atoms with Gasteiger partial charge in [-0.15, -0.1) is 0 Å². The average molecular weight is 161 g/mol. The topological polar surface area (TPSA) is 23.5 Å². The van der Waals surface area contributed by atoms with Crippen molar-refractivity contribution in [1.29, 1.82) is 0 Å². The normalized spacial score (nSPS) is 20.5. The smallest absolute Gasteiger partial charge is 0.0238 e. The van der Waals surface area contributed by atoms with Gasteiger partial charge in [0.2, 0.25) is 0 Å². The van der Waals surface area contributed by atoms with Gasteiger partial charge in [-0.2, -0.15) is 5.06 Å². The molecule has 0 bridgehead atoms. The molecule has 0 aromatic heterocycles. The zero-order valence-electron chi connectivity index (χ0n) is 5.84. The molecule has 1 aliphatic rings. The van der Waals surface area contributed by atoms with Crippen molar-refractivity contribution in [1.82, 2.24) is 5.06 Å². The van der Waals surface area contributed by atoms with Crippen LogP contribution in [0.2, 0.25) is 0 Å². The van der Waals surface area contributed by atoms with E-state index in [0.29, 0.717) is 0 Å². The third-order valence-corrected chi connectivity index (χ3v) is 1.83.